The summed E-state index contributed by atoms with van der Waals surface area (Å²) in [5, 5.41) is 9.38. The number of benzene rings is 1. The van der Waals surface area contributed by atoms with Gasteiger partial charge < -0.3 is 20.7 Å². The number of aliphatic imine (C=N–C) groups is 1. The Morgan fingerprint density at radius 1 is 1.29 bits per heavy atom. The largest absolute Gasteiger partial charge is 0.377 e. The van der Waals surface area contributed by atoms with Crippen LogP contribution in [0.1, 0.15) is 46.1 Å². The Kier molecular flexibility index (Phi) is 8.30. The summed E-state index contributed by atoms with van der Waals surface area (Å²) in [5.41, 5.74) is 2.13. The van der Waals surface area contributed by atoms with Gasteiger partial charge in [-0.1, -0.05) is 39.8 Å². The Bertz CT molecular complexity index is 667. The molecule has 6 heteroatoms. The van der Waals surface area contributed by atoms with E-state index in [0.717, 1.165) is 38.1 Å². The normalized spacial score (nSPS) is 20.5. The second-order valence-corrected chi connectivity index (χ2v) is 8.47. The Balaban J connectivity index is 1.81. The highest BCUT2D eigenvalue weighted by Crippen LogP contribution is 2.33. The van der Waals surface area contributed by atoms with Crippen LogP contribution in [-0.4, -0.2) is 44.7 Å². The van der Waals surface area contributed by atoms with Gasteiger partial charge in [0.05, 0.1) is 12.6 Å². The second-order valence-electron chi connectivity index (χ2n) is 8.47. The highest BCUT2D eigenvalue weighted by molar-refractivity contribution is 5.95. The van der Waals surface area contributed by atoms with Crippen LogP contribution >= 0.6 is 0 Å². The molecule has 3 N–H and O–H groups in total. The number of amides is 1. The number of nitrogens with one attached hydrogen (secondary N) is 3. The van der Waals surface area contributed by atoms with Crippen molar-refractivity contribution in [2.45, 2.75) is 53.1 Å². The van der Waals surface area contributed by atoms with Crippen molar-refractivity contribution in [2.75, 3.05) is 32.1 Å². The Hall–Kier alpha value is -2.08. The predicted molar refractivity (Wildman–Crippen MR) is 116 cm³/mol. The lowest BCUT2D eigenvalue weighted by Gasteiger charge is -2.40. The number of carbonyl (C=O) groups excluding carboxylic acids is 1. The van der Waals surface area contributed by atoms with Gasteiger partial charge in [0.25, 0.3) is 0 Å². The number of hydrogen-bond acceptors (Lipinski definition) is 3. The lowest BCUT2D eigenvalue weighted by Crippen LogP contribution is -2.48. The maximum atomic E-state index is 12.2. The molecule has 2 unspecified atom stereocenters. The molecule has 1 aromatic carbocycles. The van der Waals surface area contributed by atoms with Crippen LogP contribution in [-0.2, 0) is 16.0 Å². The van der Waals surface area contributed by atoms with Gasteiger partial charge in [-0.3, -0.25) is 9.79 Å². The Labute approximate surface area is 169 Å². The molecule has 0 radical (unpaired) electrons. The fourth-order valence-electron chi connectivity index (χ4n) is 3.70. The third kappa shape index (κ3) is 6.82. The van der Waals surface area contributed by atoms with E-state index in [2.05, 4.69) is 54.7 Å². The van der Waals surface area contributed by atoms with Crippen LogP contribution < -0.4 is 16.0 Å². The fourth-order valence-corrected chi connectivity index (χ4v) is 3.70. The van der Waals surface area contributed by atoms with Gasteiger partial charge in [-0.05, 0) is 42.4 Å². The summed E-state index contributed by atoms with van der Waals surface area (Å²) >= 11 is 0. The van der Waals surface area contributed by atoms with Gasteiger partial charge in [-0.25, -0.2) is 0 Å². The number of rotatable bonds is 6. The number of nitrogens with zero attached hydrogens (tertiary/aromatic N) is 1. The van der Waals surface area contributed by atoms with Gasteiger partial charge in [0, 0.05) is 31.8 Å². The minimum absolute atomic E-state index is 0.0928. The molecule has 1 heterocycles. The molecule has 0 saturated carbocycles. The van der Waals surface area contributed by atoms with E-state index >= 15 is 0 Å². The number of hydrogen-bond donors (Lipinski definition) is 3. The number of guanidine groups is 1. The monoisotopic (exact) mass is 388 g/mol. The molecule has 0 spiro atoms. The number of carbonyl (C=O) groups is 1. The summed E-state index contributed by atoms with van der Waals surface area (Å²) in [6, 6.07) is 7.92. The zero-order valence-electron chi connectivity index (χ0n) is 18.0. The van der Waals surface area contributed by atoms with Crippen LogP contribution in [0.2, 0.25) is 0 Å². The molecule has 2 atom stereocenters. The van der Waals surface area contributed by atoms with Crippen molar-refractivity contribution in [3.05, 3.63) is 29.8 Å². The van der Waals surface area contributed by atoms with Crippen molar-refractivity contribution in [1.82, 2.24) is 10.6 Å². The number of aryl methyl sites for hydroxylation is 1. The average molecular weight is 389 g/mol. The smallest absolute Gasteiger partial charge is 0.243 e. The molecule has 1 saturated heterocycles. The molecular weight excluding hydrogens is 352 g/mol. The van der Waals surface area contributed by atoms with Crippen molar-refractivity contribution in [2.24, 2.45) is 16.3 Å². The SMILES string of the molecule is CCc1cccc(NC(=O)CNC(=NC)NCC2CCCOC2C(C)(C)C)c1. The van der Waals surface area contributed by atoms with Gasteiger partial charge in [-0.2, -0.15) is 0 Å². The summed E-state index contributed by atoms with van der Waals surface area (Å²) in [5.74, 6) is 0.971. The topological polar surface area (TPSA) is 74.8 Å². The van der Waals surface area contributed by atoms with Crippen LogP contribution in [0.5, 0.6) is 0 Å². The van der Waals surface area contributed by atoms with E-state index in [1.807, 2.05) is 18.2 Å². The lowest BCUT2D eigenvalue weighted by molar-refractivity contribution is -0.115. The molecule has 28 heavy (non-hydrogen) atoms. The quantitative estimate of drug-likeness (QED) is 0.517. The lowest BCUT2D eigenvalue weighted by atomic mass is 9.78. The standard InChI is InChI=1S/C22H36N4O2/c1-6-16-9-7-11-18(13-16)26-19(27)15-25-21(23-5)24-14-17-10-8-12-28-20(17)22(2,3)4/h7,9,11,13,17,20H,6,8,10,12,14-15H2,1-5H3,(H,26,27)(H2,23,24,25). The molecule has 2 rings (SSSR count). The summed E-state index contributed by atoms with van der Waals surface area (Å²) in [4.78, 5) is 16.5. The zero-order chi connectivity index (χ0) is 20.6. The molecule has 1 aliphatic heterocycles. The van der Waals surface area contributed by atoms with Crippen molar-refractivity contribution in [3.63, 3.8) is 0 Å². The molecule has 1 aliphatic rings. The van der Waals surface area contributed by atoms with Crippen LogP contribution in [0, 0.1) is 11.3 Å². The highest BCUT2D eigenvalue weighted by atomic mass is 16.5. The van der Waals surface area contributed by atoms with E-state index in [4.69, 9.17) is 4.74 Å². The number of ether oxygens (including phenoxy) is 1. The first-order chi connectivity index (χ1) is 13.3. The van der Waals surface area contributed by atoms with Gasteiger partial charge >= 0.3 is 0 Å². The van der Waals surface area contributed by atoms with Crippen LogP contribution in [0.3, 0.4) is 0 Å². The summed E-state index contributed by atoms with van der Waals surface area (Å²) in [6.07, 6.45) is 3.39. The Morgan fingerprint density at radius 3 is 2.75 bits per heavy atom. The van der Waals surface area contributed by atoms with E-state index in [-0.39, 0.29) is 24.0 Å². The van der Waals surface area contributed by atoms with Crippen LogP contribution in [0.25, 0.3) is 0 Å². The molecule has 1 amide bonds. The summed E-state index contributed by atoms with van der Waals surface area (Å²) in [6.45, 7) is 10.6. The minimum atomic E-state index is -0.0928. The maximum Gasteiger partial charge on any atom is 0.243 e. The van der Waals surface area contributed by atoms with E-state index in [1.54, 1.807) is 7.05 Å². The Morgan fingerprint density at radius 2 is 2.07 bits per heavy atom. The van der Waals surface area contributed by atoms with Crippen molar-refractivity contribution < 1.29 is 9.53 Å². The van der Waals surface area contributed by atoms with E-state index < -0.39 is 0 Å². The first-order valence-corrected chi connectivity index (χ1v) is 10.3. The minimum Gasteiger partial charge on any atom is -0.377 e. The number of anilines is 1. The average Bonchev–Trinajstić information content (AvgIpc) is 2.67. The molecule has 0 aliphatic carbocycles. The third-order valence-electron chi connectivity index (χ3n) is 5.09. The maximum absolute atomic E-state index is 12.2. The van der Waals surface area contributed by atoms with Crippen LogP contribution in [0.15, 0.2) is 29.3 Å². The zero-order valence-corrected chi connectivity index (χ0v) is 18.0. The molecule has 156 valence electrons. The highest BCUT2D eigenvalue weighted by Gasteiger charge is 2.35. The van der Waals surface area contributed by atoms with Crippen molar-refractivity contribution in [1.29, 1.82) is 0 Å². The molecule has 0 bridgehead atoms. The van der Waals surface area contributed by atoms with Crippen LogP contribution in [0.4, 0.5) is 5.69 Å². The first kappa shape index (κ1) is 22.2. The molecule has 0 aromatic heterocycles. The van der Waals surface area contributed by atoms with E-state index in [1.165, 1.54) is 5.56 Å². The van der Waals surface area contributed by atoms with Crippen molar-refractivity contribution >= 4 is 17.6 Å². The van der Waals surface area contributed by atoms with Gasteiger partial charge in [0.15, 0.2) is 5.96 Å². The van der Waals surface area contributed by atoms with Gasteiger partial charge in [0.2, 0.25) is 5.91 Å². The third-order valence-corrected chi connectivity index (χ3v) is 5.09. The second kappa shape index (κ2) is 10.5. The molecular formula is C22H36N4O2. The first-order valence-electron chi connectivity index (χ1n) is 10.3. The molecule has 1 fully saturated rings. The molecule has 1 aromatic rings. The summed E-state index contributed by atoms with van der Waals surface area (Å²) in [7, 11) is 1.72. The van der Waals surface area contributed by atoms with Gasteiger partial charge in [0.1, 0.15) is 0 Å². The fraction of sp³-hybridized carbons (Fsp3) is 0.636. The van der Waals surface area contributed by atoms with E-state index in [0.29, 0.717) is 11.9 Å². The van der Waals surface area contributed by atoms with Crippen molar-refractivity contribution in [3.8, 4) is 0 Å². The van der Waals surface area contributed by atoms with Gasteiger partial charge in [-0.15, -0.1) is 0 Å². The summed E-state index contributed by atoms with van der Waals surface area (Å²) < 4.78 is 6.04. The van der Waals surface area contributed by atoms with E-state index in [9.17, 15) is 4.79 Å². The molecule has 6 nitrogen and oxygen atoms in total. The predicted octanol–water partition coefficient (Wildman–Crippen LogP) is 3.19.